The quantitative estimate of drug-likeness (QED) is 0.534. The first-order valence-electron chi connectivity index (χ1n) is 7.06. The number of nitro groups is 4. The van der Waals surface area contributed by atoms with Crippen molar-refractivity contribution in [2.75, 3.05) is 5.32 Å². The lowest BCUT2D eigenvalue weighted by Gasteiger charge is -2.14. The highest BCUT2D eigenvalue weighted by Gasteiger charge is 2.40. The van der Waals surface area contributed by atoms with Crippen molar-refractivity contribution >= 4 is 34.1 Å². The molecule has 0 aromatic heterocycles. The maximum atomic E-state index is 13.4. The summed E-state index contributed by atoms with van der Waals surface area (Å²) in [5.41, 5.74) is -8.26. The van der Waals surface area contributed by atoms with E-state index in [-0.39, 0.29) is 12.1 Å². The first-order valence-corrected chi connectivity index (χ1v) is 7.06. The first-order chi connectivity index (χ1) is 13.3. The summed E-state index contributed by atoms with van der Waals surface area (Å²) < 4.78 is 40.1. The molecule has 2 rings (SSSR count). The zero-order valence-electron chi connectivity index (χ0n) is 13.6. The van der Waals surface area contributed by atoms with Crippen LogP contribution in [0.2, 0.25) is 0 Å². The molecule has 0 unspecified atom stereocenters. The Labute approximate surface area is 156 Å². The van der Waals surface area contributed by atoms with Crippen LogP contribution in [-0.2, 0) is 6.18 Å². The summed E-state index contributed by atoms with van der Waals surface area (Å²) in [5, 5.41) is 45.7. The van der Waals surface area contributed by atoms with Gasteiger partial charge in [-0.15, -0.1) is 0 Å². The minimum atomic E-state index is -5.31. The minimum absolute atomic E-state index is 0.0204. The number of nitrogens with zero attached hydrogens (tertiary/aromatic N) is 4. The summed E-state index contributed by atoms with van der Waals surface area (Å²) in [6.45, 7) is 0. The van der Waals surface area contributed by atoms with Crippen molar-refractivity contribution in [2.24, 2.45) is 0 Å². The molecule has 152 valence electrons. The molecule has 0 bridgehead atoms. The third kappa shape index (κ3) is 4.31. The van der Waals surface area contributed by atoms with E-state index >= 15 is 0 Å². The molecule has 1 N–H and O–H groups in total. The highest BCUT2D eigenvalue weighted by molar-refractivity contribution is 5.80. The average molecular weight is 417 g/mol. The molecule has 0 fully saturated rings. The van der Waals surface area contributed by atoms with Gasteiger partial charge in [-0.25, -0.2) is 0 Å². The molecule has 0 amide bonds. The summed E-state index contributed by atoms with van der Waals surface area (Å²) in [7, 11) is 0. The second kappa shape index (κ2) is 7.33. The van der Waals surface area contributed by atoms with E-state index in [2.05, 4.69) is 0 Å². The molecule has 16 heteroatoms. The number of rotatable bonds is 6. The predicted octanol–water partition coefficient (Wildman–Crippen LogP) is 4.08. The van der Waals surface area contributed by atoms with Gasteiger partial charge in [0.15, 0.2) is 0 Å². The molecule has 0 saturated carbocycles. The van der Waals surface area contributed by atoms with E-state index in [0.717, 1.165) is 6.07 Å². The molecule has 0 aliphatic carbocycles. The van der Waals surface area contributed by atoms with Crippen LogP contribution in [-0.4, -0.2) is 19.7 Å². The number of benzene rings is 2. The summed E-state index contributed by atoms with van der Waals surface area (Å²) in [4.78, 5) is 39.1. The fourth-order valence-corrected chi connectivity index (χ4v) is 2.24. The van der Waals surface area contributed by atoms with Crippen LogP contribution < -0.4 is 5.32 Å². The van der Waals surface area contributed by atoms with Gasteiger partial charge in [0.2, 0.25) is 0 Å². The maximum absolute atomic E-state index is 13.4. The maximum Gasteiger partial charge on any atom is 0.418 e. The summed E-state index contributed by atoms with van der Waals surface area (Å²) in [5.74, 6) is 0. The van der Waals surface area contributed by atoms with Crippen LogP contribution in [0.1, 0.15) is 5.56 Å². The van der Waals surface area contributed by atoms with Gasteiger partial charge >= 0.3 is 6.18 Å². The third-order valence-corrected chi connectivity index (χ3v) is 3.46. The third-order valence-electron chi connectivity index (χ3n) is 3.46. The monoisotopic (exact) mass is 417 g/mol. The lowest BCUT2D eigenvalue weighted by atomic mass is 10.1. The number of hydrogen-bond donors (Lipinski definition) is 1. The zero-order chi connectivity index (χ0) is 22.1. The zero-order valence-corrected chi connectivity index (χ0v) is 13.6. The van der Waals surface area contributed by atoms with Crippen LogP contribution in [0.25, 0.3) is 0 Å². The van der Waals surface area contributed by atoms with Crippen molar-refractivity contribution in [3.63, 3.8) is 0 Å². The molecule has 0 spiro atoms. The van der Waals surface area contributed by atoms with Crippen LogP contribution in [0.3, 0.4) is 0 Å². The van der Waals surface area contributed by atoms with Gasteiger partial charge in [-0.1, -0.05) is 0 Å². The molecule has 0 atom stereocenters. The molecular formula is C13H6F3N5O8. The Kier molecular flexibility index (Phi) is 5.29. The van der Waals surface area contributed by atoms with Crippen molar-refractivity contribution in [1.29, 1.82) is 0 Å². The second-order valence-corrected chi connectivity index (χ2v) is 5.24. The average Bonchev–Trinajstić information content (AvgIpc) is 2.60. The van der Waals surface area contributed by atoms with Crippen molar-refractivity contribution in [3.8, 4) is 0 Å². The van der Waals surface area contributed by atoms with Crippen LogP contribution in [0.4, 0.5) is 47.3 Å². The van der Waals surface area contributed by atoms with Crippen molar-refractivity contribution in [1.82, 2.24) is 0 Å². The molecule has 2 aromatic rings. The van der Waals surface area contributed by atoms with Crippen molar-refractivity contribution in [2.45, 2.75) is 6.18 Å². The van der Waals surface area contributed by atoms with Gasteiger partial charge in [0.25, 0.3) is 22.7 Å². The topological polar surface area (TPSA) is 185 Å². The molecule has 13 nitrogen and oxygen atoms in total. The lowest BCUT2D eigenvalue weighted by molar-refractivity contribution is -0.394. The Morgan fingerprint density at radius 3 is 1.69 bits per heavy atom. The SMILES string of the molecule is O=[N+]([O-])c1ccc(Nc2c([N+](=O)[O-])cc([N+](=O)[O-])cc2C(F)(F)F)c([N+](=O)[O-])c1. The molecular weight excluding hydrogens is 411 g/mol. The van der Waals surface area contributed by atoms with Gasteiger partial charge in [-0.3, -0.25) is 40.5 Å². The van der Waals surface area contributed by atoms with E-state index in [0.29, 0.717) is 12.1 Å². The van der Waals surface area contributed by atoms with Crippen molar-refractivity contribution in [3.05, 3.63) is 76.4 Å². The van der Waals surface area contributed by atoms with Crippen LogP contribution in [0.15, 0.2) is 30.3 Å². The highest BCUT2D eigenvalue weighted by atomic mass is 19.4. The summed E-state index contributed by atoms with van der Waals surface area (Å²) in [6, 6.07) is 2.11. The Hall–Kier alpha value is -4.37. The molecule has 29 heavy (non-hydrogen) atoms. The largest absolute Gasteiger partial charge is 0.418 e. The number of hydrogen-bond acceptors (Lipinski definition) is 9. The Balaban J connectivity index is 2.78. The molecule has 0 aliphatic heterocycles. The summed E-state index contributed by atoms with van der Waals surface area (Å²) in [6.07, 6.45) is -5.31. The normalized spacial score (nSPS) is 11.0. The molecule has 0 radical (unpaired) electrons. The summed E-state index contributed by atoms with van der Waals surface area (Å²) >= 11 is 0. The van der Waals surface area contributed by atoms with Crippen LogP contribution in [0.5, 0.6) is 0 Å². The molecule has 2 aromatic carbocycles. The van der Waals surface area contributed by atoms with E-state index in [9.17, 15) is 53.6 Å². The fourth-order valence-electron chi connectivity index (χ4n) is 2.24. The highest BCUT2D eigenvalue weighted by Crippen LogP contribution is 2.45. The first kappa shape index (κ1) is 20.9. The number of alkyl halides is 3. The van der Waals surface area contributed by atoms with E-state index < -0.39 is 65.6 Å². The van der Waals surface area contributed by atoms with E-state index in [1.54, 1.807) is 0 Å². The van der Waals surface area contributed by atoms with E-state index in [1.165, 1.54) is 0 Å². The standard InChI is InChI=1S/C13H6F3N5O8/c14-13(15,16)8-3-7(19(24)25)5-11(21(28)29)12(8)17-9-2-1-6(18(22)23)4-10(9)20(26)27/h1-5,17H. The molecule has 0 aliphatic rings. The lowest BCUT2D eigenvalue weighted by Crippen LogP contribution is -2.12. The van der Waals surface area contributed by atoms with Crippen LogP contribution >= 0.6 is 0 Å². The van der Waals surface area contributed by atoms with Gasteiger partial charge in [0.1, 0.15) is 11.4 Å². The predicted molar refractivity (Wildman–Crippen MR) is 87.8 cm³/mol. The number of halogens is 3. The van der Waals surface area contributed by atoms with Gasteiger partial charge < -0.3 is 5.32 Å². The van der Waals surface area contributed by atoms with Crippen LogP contribution in [0, 0.1) is 40.5 Å². The fraction of sp³-hybridized carbons (Fsp3) is 0.0769. The molecule has 0 saturated heterocycles. The molecule has 0 heterocycles. The number of anilines is 2. The van der Waals surface area contributed by atoms with Gasteiger partial charge in [-0.2, -0.15) is 13.2 Å². The smallest absolute Gasteiger partial charge is 0.344 e. The Bertz CT molecular complexity index is 1060. The van der Waals surface area contributed by atoms with Gasteiger partial charge in [0.05, 0.1) is 37.4 Å². The van der Waals surface area contributed by atoms with E-state index in [4.69, 9.17) is 0 Å². The Morgan fingerprint density at radius 1 is 0.724 bits per heavy atom. The number of nitro benzene ring substituents is 4. The Morgan fingerprint density at radius 2 is 1.24 bits per heavy atom. The second-order valence-electron chi connectivity index (χ2n) is 5.24. The minimum Gasteiger partial charge on any atom is -0.344 e. The number of nitrogens with one attached hydrogen (secondary N) is 1. The van der Waals surface area contributed by atoms with Gasteiger partial charge in [0, 0.05) is 12.1 Å². The van der Waals surface area contributed by atoms with Gasteiger partial charge in [-0.05, 0) is 6.07 Å². The number of non-ortho nitro benzene ring substituents is 2. The van der Waals surface area contributed by atoms with Crippen molar-refractivity contribution < 1.29 is 32.9 Å². The van der Waals surface area contributed by atoms with E-state index in [1.807, 2.05) is 5.32 Å².